The Morgan fingerprint density at radius 3 is 2.65 bits per heavy atom. The van der Waals surface area contributed by atoms with Gasteiger partial charge in [-0.2, -0.15) is 5.10 Å². The first-order valence-electron chi connectivity index (χ1n) is 5.64. The third kappa shape index (κ3) is 2.91. The standard InChI is InChI=1S/C13H16FN3/c1-9(13-8-16-17-10(13)2)15-7-11-3-5-12(14)6-4-11/h3-6,8-9,15H,7H2,1-2H3,(H,16,17)/t9-/m0/s1. The summed E-state index contributed by atoms with van der Waals surface area (Å²) in [5.74, 6) is -0.201. The lowest BCUT2D eigenvalue weighted by Crippen LogP contribution is -2.18. The third-order valence-corrected chi connectivity index (χ3v) is 2.86. The minimum Gasteiger partial charge on any atom is -0.306 e. The molecule has 0 aliphatic carbocycles. The van der Waals surface area contributed by atoms with Gasteiger partial charge in [-0.3, -0.25) is 5.10 Å². The van der Waals surface area contributed by atoms with Crippen molar-refractivity contribution in [1.29, 1.82) is 0 Å². The van der Waals surface area contributed by atoms with Crippen LogP contribution in [0.4, 0.5) is 4.39 Å². The zero-order valence-corrected chi connectivity index (χ0v) is 10.00. The van der Waals surface area contributed by atoms with Gasteiger partial charge in [0.1, 0.15) is 5.82 Å². The Labute approximate surface area is 100 Å². The van der Waals surface area contributed by atoms with E-state index in [1.807, 2.05) is 13.1 Å². The lowest BCUT2D eigenvalue weighted by atomic mass is 10.1. The first-order valence-corrected chi connectivity index (χ1v) is 5.64. The van der Waals surface area contributed by atoms with Gasteiger partial charge in [0.15, 0.2) is 0 Å². The molecule has 0 bridgehead atoms. The molecule has 1 aromatic heterocycles. The Hall–Kier alpha value is -1.68. The average Bonchev–Trinajstić information content (AvgIpc) is 2.74. The van der Waals surface area contributed by atoms with E-state index >= 15 is 0 Å². The number of H-pyrrole nitrogens is 1. The Morgan fingerprint density at radius 1 is 1.35 bits per heavy atom. The highest BCUT2D eigenvalue weighted by Gasteiger charge is 2.09. The molecule has 1 atom stereocenters. The fourth-order valence-corrected chi connectivity index (χ4v) is 1.78. The summed E-state index contributed by atoms with van der Waals surface area (Å²) < 4.78 is 12.7. The highest BCUT2D eigenvalue weighted by molar-refractivity contribution is 5.20. The maximum Gasteiger partial charge on any atom is 0.123 e. The maximum atomic E-state index is 12.7. The Bertz CT molecular complexity index is 476. The minimum atomic E-state index is -0.201. The molecule has 0 saturated carbocycles. The van der Waals surface area contributed by atoms with Crippen molar-refractivity contribution in [3.63, 3.8) is 0 Å². The number of halogens is 1. The molecule has 0 aliphatic heterocycles. The summed E-state index contributed by atoms with van der Waals surface area (Å²) in [6.07, 6.45) is 1.83. The zero-order valence-electron chi connectivity index (χ0n) is 10.00. The molecule has 2 aromatic rings. The lowest BCUT2D eigenvalue weighted by molar-refractivity contribution is 0.570. The van der Waals surface area contributed by atoms with E-state index in [1.165, 1.54) is 12.1 Å². The van der Waals surface area contributed by atoms with Crippen LogP contribution >= 0.6 is 0 Å². The highest BCUT2D eigenvalue weighted by atomic mass is 19.1. The predicted molar refractivity (Wildman–Crippen MR) is 65.0 cm³/mol. The molecule has 3 nitrogen and oxygen atoms in total. The molecule has 90 valence electrons. The third-order valence-electron chi connectivity index (χ3n) is 2.86. The first kappa shape index (κ1) is 11.8. The van der Waals surface area contributed by atoms with Crippen molar-refractivity contribution in [3.8, 4) is 0 Å². The molecule has 0 spiro atoms. The fourth-order valence-electron chi connectivity index (χ4n) is 1.78. The molecule has 17 heavy (non-hydrogen) atoms. The van der Waals surface area contributed by atoms with E-state index in [1.54, 1.807) is 12.1 Å². The van der Waals surface area contributed by atoms with Crippen LogP contribution in [0, 0.1) is 12.7 Å². The number of rotatable bonds is 4. The van der Waals surface area contributed by atoms with E-state index in [2.05, 4.69) is 22.4 Å². The molecule has 0 aliphatic rings. The van der Waals surface area contributed by atoms with Crippen molar-refractivity contribution < 1.29 is 4.39 Å². The van der Waals surface area contributed by atoms with Crippen LogP contribution in [0.15, 0.2) is 30.5 Å². The van der Waals surface area contributed by atoms with Gasteiger partial charge < -0.3 is 5.32 Å². The Balaban J connectivity index is 1.94. The van der Waals surface area contributed by atoms with Crippen molar-refractivity contribution in [2.24, 2.45) is 0 Å². The van der Waals surface area contributed by atoms with E-state index in [0.717, 1.165) is 16.8 Å². The van der Waals surface area contributed by atoms with Crippen LogP contribution in [0.3, 0.4) is 0 Å². The largest absolute Gasteiger partial charge is 0.306 e. The monoisotopic (exact) mass is 233 g/mol. The van der Waals surface area contributed by atoms with Crippen molar-refractivity contribution in [3.05, 3.63) is 53.1 Å². The van der Waals surface area contributed by atoms with Crippen molar-refractivity contribution in [2.45, 2.75) is 26.4 Å². The van der Waals surface area contributed by atoms with Crippen LogP contribution < -0.4 is 5.32 Å². The molecule has 0 unspecified atom stereocenters. The van der Waals surface area contributed by atoms with Gasteiger partial charge in [0, 0.05) is 23.8 Å². The normalized spacial score (nSPS) is 12.6. The fraction of sp³-hybridized carbons (Fsp3) is 0.308. The Morgan fingerprint density at radius 2 is 2.06 bits per heavy atom. The molecule has 4 heteroatoms. The number of hydrogen-bond acceptors (Lipinski definition) is 2. The van der Waals surface area contributed by atoms with Gasteiger partial charge in [0.25, 0.3) is 0 Å². The second-order valence-electron chi connectivity index (χ2n) is 4.18. The van der Waals surface area contributed by atoms with Gasteiger partial charge in [-0.05, 0) is 31.5 Å². The average molecular weight is 233 g/mol. The van der Waals surface area contributed by atoms with Gasteiger partial charge in [-0.1, -0.05) is 12.1 Å². The summed E-state index contributed by atoms with van der Waals surface area (Å²) in [4.78, 5) is 0. The van der Waals surface area contributed by atoms with Crippen LogP contribution in [0.2, 0.25) is 0 Å². The highest BCUT2D eigenvalue weighted by Crippen LogP contribution is 2.15. The van der Waals surface area contributed by atoms with E-state index < -0.39 is 0 Å². The van der Waals surface area contributed by atoms with Gasteiger partial charge in [0.2, 0.25) is 0 Å². The topological polar surface area (TPSA) is 40.7 Å². The van der Waals surface area contributed by atoms with Crippen molar-refractivity contribution >= 4 is 0 Å². The van der Waals surface area contributed by atoms with Crippen LogP contribution in [-0.4, -0.2) is 10.2 Å². The van der Waals surface area contributed by atoms with Crippen molar-refractivity contribution in [2.75, 3.05) is 0 Å². The molecule has 2 N–H and O–H groups in total. The number of hydrogen-bond donors (Lipinski definition) is 2. The van der Waals surface area contributed by atoms with Gasteiger partial charge in [-0.15, -0.1) is 0 Å². The minimum absolute atomic E-state index is 0.201. The number of aryl methyl sites for hydroxylation is 1. The van der Waals surface area contributed by atoms with Gasteiger partial charge in [0.05, 0.1) is 6.20 Å². The summed E-state index contributed by atoms with van der Waals surface area (Å²) in [6, 6.07) is 6.75. The summed E-state index contributed by atoms with van der Waals surface area (Å²) in [6.45, 7) is 4.80. The number of aromatic amines is 1. The van der Waals surface area contributed by atoms with E-state index in [0.29, 0.717) is 6.54 Å². The lowest BCUT2D eigenvalue weighted by Gasteiger charge is -2.13. The summed E-state index contributed by atoms with van der Waals surface area (Å²) in [5.41, 5.74) is 3.30. The molecule has 0 radical (unpaired) electrons. The zero-order chi connectivity index (χ0) is 12.3. The summed E-state index contributed by atoms with van der Waals surface area (Å²) >= 11 is 0. The number of nitrogens with one attached hydrogen (secondary N) is 2. The number of nitrogens with zero attached hydrogens (tertiary/aromatic N) is 1. The van der Waals surface area contributed by atoms with E-state index in [4.69, 9.17) is 0 Å². The molecule has 1 aromatic carbocycles. The van der Waals surface area contributed by atoms with Crippen LogP contribution in [0.25, 0.3) is 0 Å². The second kappa shape index (κ2) is 5.10. The molecule has 2 rings (SSSR count). The van der Waals surface area contributed by atoms with Gasteiger partial charge >= 0.3 is 0 Å². The summed E-state index contributed by atoms with van der Waals surface area (Å²) in [7, 11) is 0. The second-order valence-corrected chi connectivity index (χ2v) is 4.18. The Kier molecular flexibility index (Phi) is 3.54. The predicted octanol–water partition coefficient (Wildman–Crippen LogP) is 2.71. The van der Waals surface area contributed by atoms with E-state index in [9.17, 15) is 4.39 Å². The number of benzene rings is 1. The van der Waals surface area contributed by atoms with Gasteiger partial charge in [-0.25, -0.2) is 4.39 Å². The first-order chi connectivity index (χ1) is 8.16. The van der Waals surface area contributed by atoms with Crippen LogP contribution in [0.1, 0.15) is 29.8 Å². The molecule has 1 heterocycles. The molecule has 0 fully saturated rings. The number of aromatic nitrogens is 2. The molecular weight excluding hydrogens is 217 g/mol. The SMILES string of the molecule is Cc1[nH]ncc1[C@H](C)NCc1ccc(F)cc1. The van der Waals surface area contributed by atoms with Crippen LogP contribution in [-0.2, 0) is 6.54 Å². The smallest absolute Gasteiger partial charge is 0.123 e. The van der Waals surface area contributed by atoms with Crippen molar-refractivity contribution in [1.82, 2.24) is 15.5 Å². The van der Waals surface area contributed by atoms with Crippen LogP contribution in [0.5, 0.6) is 0 Å². The molecular formula is C13H16FN3. The molecule has 0 saturated heterocycles. The quantitative estimate of drug-likeness (QED) is 0.852. The maximum absolute atomic E-state index is 12.7. The summed E-state index contributed by atoms with van der Waals surface area (Å²) in [5, 5.41) is 10.3. The molecule has 0 amide bonds. The van der Waals surface area contributed by atoms with E-state index in [-0.39, 0.29) is 11.9 Å².